The number of hydrogen-bond donors (Lipinski definition) is 3. The van der Waals surface area contributed by atoms with Crippen LogP contribution in [-0.4, -0.2) is 36.0 Å². The third-order valence-corrected chi connectivity index (χ3v) is 3.47. The normalized spacial score (nSPS) is 19.3. The summed E-state index contributed by atoms with van der Waals surface area (Å²) in [5.41, 5.74) is 0.242. The van der Waals surface area contributed by atoms with Crippen LogP contribution in [0.15, 0.2) is 24.3 Å². The largest absolute Gasteiger partial charge is 0.481 e. The van der Waals surface area contributed by atoms with Gasteiger partial charge in [-0.05, 0) is 31.0 Å². The van der Waals surface area contributed by atoms with Gasteiger partial charge in [-0.15, -0.1) is 0 Å². The number of benzene rings is 1. The number of halogens is 1. The Morgan fingerprint density at radius 1 is 1.18 bits per heavy atom. The Morgan fingerprint density at radius 3 is 2.55 bits per heavy atom. The third-order valence-electron chi connectivity index (χ3n) is 3.47. The summed E-state index contributed by atoms with van der Waals surface area (Å²) in [5.74, 6) is -3.05. The summed E-state index contributed by atoms with van der Waals surface area (Å²) in [6.45, 7) is 0.688. The summed E-state index contributed by atoms with van der Waals surface area (Å²) in [6, 6.07) is 5.38. The van der Waals surface area contributed by atoms with Gasteiger partial charge in [-0.3, -0.25) is 14.4 Å². The van der Waals surface area contributed by atoms with Crippen molar-refractivity contribution in [1.29, 1.82) is 0 Å². The lowest BCUT2D eigenvalue weighted by molar-refractivity contribution is -0.140. The first kappa shape index (κ1) is 15.9. The molecule has 0 aliphatic heterocycles. The highest BCUT2D eigenvalue weighted by Crippen LogP contribution is 2.38. The van der Waals surface area contributed by atoms with Gasteiger partial charge in [-0.1, -0.05) is 6.07 Å². The lowest BCUT2D eigenvalue weighted by Gasteiger charge is -2.06. The number of aliphatic carboxylic acids is 1. The summed E-state index contributed by atoms with van der Waals surface area (Å²) >= 11 is 0. The minimum atomic E-state index is -0.942. The Balaban J connectivity index is 1.61. The molecule has 0 bridgehead atoms. The first-order chi connectivity index (χ1) is 10.5. The fourth-order valence-electron chi connectivity index (χ4n) is 2.12. The molecule has 2 unspecified atom stereocenters. The van der Waals surface area contributed by atoms with Crippen LogP contribution in [0.5, 0.6) is 0 Å². The molecular formula is C15H17FN2O4. The van der Waals surface area contributed by atoms with Crippen molar-refractivity contribution in [1.82, 2.24) is 10.6 Å². The van der Waals surface area contributed by atoms with Gasteiger partial charge in [0.2, 0.25) is 5.91 Å². The maximum absolute atomic E-state index is 13.0. The number of rotatable bonds is 7. The Bertz CT molecular complexity index is 591. The van der Waals surface area contributed by atoms with Crippen molar-refractivity contribution in [2.75, 3.05) is 13.1 Å². The van der Waals surface area contributed by atoms with Gasteiger partial charge >= 0.3 is 5.97 Å². The van der Waals surface area contributed by atoms with Crippen molar-refractivity contribution >= 4 is 17.8 Å². The lowest BCUT2D eigenvalue weighted by atomic mass is 10.2. The fraction of sp³-hybridized carbons (Fsp3) is 0.400. The minimum absolute atomic E-state index is 0.242. The van der Waals surface area contributed by atoms with E-state index in [0.29, 0.717) is 25.9 Å². The molecule has 118 valence electrons. The highest BCUT2D eigenvalue weighted by molar-refractivity contribution is 5.94. The molecule has 0 aromatic heterocycles. The quantitative estimate of drug-likeness (QED) is 0.649. The number of hydrogen-bond acceptors (Lipinski definition) is 3. The number of carbonyl (C=O) groups excluding carboxylic acids is 2. The van der Waals surface area contributed by atoms with Crippen molar-refractivity contribution in [3.05, 3.63) is 35.6 Å². The molecule has 1 fully saturated rings. The standard InChI is InChI=1S/C15H17FN2O4/c16-10-4-1-3-9(7-10)13(19)17-5-2-6-18-14(20)11-8-12(11)15(21)22/h1,3-4,7,11-12H,2,5-6,8H2,(H,17,19)(H,18,20)(H,21,22). The molecule has 0 radical (unpaired) electrons. The molecule has 22 heavy (non-hydrogen) atoms. The van der Waals surface area contributed by atoms with Crippen LogP contribution in [0.2, 0.25) is 0 Å². The van der Waals surface area contributed by atoms with E-state index in [9.17, 15) is 18.8 Å². The molecule has 6 nitrogen and oxygen atoms in total. The highest BCUT2D eigenvalue weighted by atomic mass is 19.1. The minimum Gasteiger partial charge on any atom is -0.481 e. The summed E-state index contributed by atoms with van der Waals surface area (Å²) in [5, 5.41) is 14.0. The fourth-order valence-corrected chi connectivity index (χ4v) is 2.12. The van der Waals surface area contributed by atoms with E-state index in [-0.39, 0.29) is 17.4 Å². The molecule has 1 aliphatic rings. The van der Waals surface area contributed by atoms with Crippen LogP contribution < -0.4 is 10.6 Å². The molecule has 0 saturated heterocycles. The summed E-state index contributed by atoms with van der Waals surface area (Å²) in [7, 11) is 0. The molecular weight excluding hydrogens is 291 g/mol. The Kier molecular flexibility index (Phi) is 5.08. The van der Waals surface area contributed by atoms with Crippen LogP contribution in [0, 0.1) is 17.7 Å². The number of amides is 2. The molecule has 1 saturated carbocycles. The van der Waals surface area contributed by atoms with E-state index in [0.717, 1.165) is 6.07 Å². The predicted octanol–water partition coefficient (Wildman–Crippen LogP) is 0.782. The second-order valence-electron chi connectivity index (χ2n) is 5.20. The molecule has 0 heterocycles. The van der Waals surface area contributed by atoms with Crippen LogP contribution in [0.25, 0.3) is 0 Å². The zero-order chi connectivity index (χ0) is 16.1. The molecule has 2 atom stereocenters. The smallest absolute Gasteiger partial charge is 0.307 e. The van der Waals surface area contributed by atoms with Crippen molar-refractivity contribution in [3.8, 4) is 0 Å². The zero-order valence-electron chi connectivity index (χ0n) is 11.8. The van der Waals surface area contributed by atoms with Gasteiger partial charge in [0.25, 0.3) is 5.91 Å². The van der Waals surface area contributed by atoms with E-state index in [1.165, 1.54) is 18.2 Å². The number of carboxylic acids is 1. The van der Waals surface area contributed by atoms with Crippen molar-refractivity contribution in [3.63, 3.8) is 0 Å². The van der Waals surface area contributed by atoms with Crippen molar-refractivity contribution in [2.24, 2.45) is 11.8 Å². The van der Waals surface area contributed by atoms with Crippen LogP contribution >= 0.6 is 0 Å². The Hall–Kier alpha value is -2.44. The SMILES string of the molecule is O=C(NCCCNC(=O)C1CC1C(=O)O)c1cccc(F)c1. The van der Waals surface area contributed by atoms with Gasteiger partial charge in [-0.2, -0.15) is 0 Å². The van der Waals surface area contributed by atoms with Gasteiger partial charge in [0.1, 0.15) is 5.82 Å². The number of carbonyl (C=O) groups is 3. The van der Waals surface area contributed by atoms with Gasteiger partial charge in [0.15, 0.2) is 0 Å². The Morgan fingerprint density at radius 2 is 1.91 bits per heavy atom. The molecule has 1 aromatic carbocycles. The average Bonchev–Trinajstić information content (AvgIpc) is 3.27. The monoisotopic (exact) mass is 308 g/mol. The van der Waals surface area contributed by atoms with Crippen molar-refractivity contribution < 1.29 is 23.9 Å². The van der Waals surface area contributed by atoms with Crippen LogP contribution in [0.3, 0.4) is 0 Å². The molecule has 2 amide bonds. The maximum Gasteiger partial charge on any atom is 0.307 e. The van der Waals surface area contributed by atoms with Gasteiger partial charge in [0.05, 0.1) is 11.8 Å². The highest BCUT2D eigenvalue weighted by Gasteiger charge is 2.48. The van der Waals surface area contributed by atoms with Crippen molar-refractivity contribution in [2.45, 2.75) is 12.8 Å². The van der Waals surface area contributed by atoms with Gasteiger partial charge in [0, 0.05) is 18.7 Å². The molecule has 3 N–H and O–H groups in total. The van der Waals surface area contributed by atoms with Crippen LogP contribution in [0.1, 0.15) is 23.2 Å². The van der Waals surface area contributed by atoms with E-state index in [4.69, 9.17) is 5.11 Å². The Labute approximate surface area is 126 Å². The maximum atomic E-state index is 13.0. The lowest BCUT2D eigenvalue weighted by Crippen LogP contribution is -2.31. The van der Waals surface area contributed by atoms with E-state index < -0.39 is 23.6 Å². The van der Waals surface area contributed by atoms with E-state index in [2.05, 4.69) is 10.6 Å². The molecule has 1 aliphatic carbocycles. The topological polar surface area (TPSA) is 95.5 Å². The molecule has 7 heteroatoms. The predicted molar refractivity (Wildman–Crippen MR) is 75.6 cm³/mol. The number of carboxylic acid groups (broad SMARTS) is 1. The molecule has 2 rings (SSSR count). The number of nitrogens with one attached hydrogen (secondary N) is 2. The third kappa shape index (κ3) is 4.28. The average molecular weight is 308 g/mol. The second kappa shape index (κ2) is 7.02. The summed E-state index contributed by atoms with van der Waals surface area (Å²) in [6.07, 6.45) is 0.898. The molecule has 0 spiro atoms. The summed E-state index contributed by atoms with van der Waals surface area (Å²) < 4.78 is 13.0. The van der Waals surface area contributed by atoms with E-state index in [1.807, 2.05) is 0 Å². The second-order valence-corrected chi connectivity index (χ2v) is 5.20. The van der Waals surface area contributed by atoms with Gasteiger partial charge in [-0.25, -0.2) is 4.39 Å². The van der Waals surface area contributed by atoms with Gasteiger partial charge < -0.3 is 15.7 Å². The summed E-state index contributed by atoms with van der Waals surface area (Å²) in [4.78, 5) is 33.9. The first-order valence-electron chi connectivity index (χ1n) is 7.03. The van der Waals surface area contributed by atoms with E-state index in [1.54, 1.807) is 0 Å². The van der Waals surface area contributed by atoms with E-state index >= 15 is 0 Å². The zero-order valence-corrected chi connectivity index (χ0v) is 11.8. The molecule has 1 aromatic rings. The van der Waals surface area contributed by atoms with Crippen LogP contribution in [-0.2, 0) is 9.59 Å². The first-order valence-corrected chi connectivity index (χ1v) is 7.03. The van der Waals surface area contributed by atoms with Crippen LogP contribution in [0.4, 0.5) is 4.39 Å².